The van der Waals surface area contributed by atoms with Gasteiger partial charge in [0.2, 0.25) is 0 Å². The summed E-state index contributed by atoms with van der Waals surface area (Å²) in [5.74, 6) is 0.337. The lowest BCUT2D eigenvalue weighted by Crippen LogP contribution is -2.34. The molecule has 6 nitrogen and oxygen atoms in total. The Balaban J connectivity index is 1.61. The van der Waals surface area contributed by atoms with Gasteiger partial charge in [-0.15, -0.1) is 11.3 Å². The van der Waals surface area contributed by atoms with Gasteiger partial charge in [-0.2, -0.15) is 13.2 Å². The molecule has 1 atom stereocenters. The minimum Gasteiger partial charge on any atom is -0.485 e. The number of benzene rings is 1. The molecule has 0 radical (unpaired) electrons. The van der Waals surface area contributed by atoms with Crippen LogP contribution < -0.4 is 15.0 Å². The molecule has 35 heavy (non-hydrogen) atoms. The SMILES string of the molecule is CNCCC(Oc1ccc(CN2CCN(C)c3ncccc3C2=O)c(C(F)(F)F)c1)c1cccs1. The average Bonchev–Trinajstić information content (AvgIpc) is 3.35. The molecule has 0 fully saturated rings. The van der Waals surface area contributed by atoms with Crippen LogP contribution >= 0.6 is 11.3 Å². The van der Waals surface area contributed by atoms with Crippen LogP contribution in [-0.4, -0.2) is 49.5 Å². The first-order valence-electron chi connectivity index (χ1n) is 11.3. The molecule has 1 aliphatic heterocycles. The van der Waals surface area contributed by atoms with E-state index in [0.29, 0.717) is 30.9 Å². The van der Waals surface area contributed by atoms with Crippen molar-refractivity contribution in [2.24, 2.45) is 0 Å². The van der Waals surface area contributed by atoms with Crippen LogP contribution in [0, 0.1) is 0 Å². The second-order valence-electron chi connectivity index (χ2n) is 8.35. The fourth-order valence-electron chi connectivity index (χ4n) is 4.08. The van der Waals surface area contributed by atoms with Gasteiger partial charge >= 0.3 is 6.18 Å². The fourth-order valence-corrected chi connectivity index (χ4v) is 4.87. The van der Waals surface area contributed by atoms with E-state index in [1.54, 1.807) is 24.4 Å². The number of aromatic nitrogens is 1. The van der Waals surface area contributed by atoms with E-state index >= 15 is 0 Å². The second kappa shape index (κ2) is 10.7. The van der Waals surface area contributed by atoms with Crippen molar-refractivity contribution in [3.63, 3.8) is 0 Å². The number of likely N-dealkylation sites (N-methyl/N-ethyl adjacent to an activating group) is 1. The summed E-state index contributed by atoms with van der Waals surface area (Å²) in [6.07, 6.45) is -2.74. The van der Waals surface area contributed by atoms with Gasteiger partial charge in [0.05, 0.1) is 11.1 Å². The number of hydrogen-bond donors (Lipinski definition) is 1. The highest BCUT2D eigenvalue weighted by Gasteiger charge is 2.35. The summed E-state index contributed by atoms with van der Waals surface area (Å²) in [7, 11) is 3.63. The molecule has 1 amide bonds. The number of halogens is 3. The average molecular weight is 505 g/mol. The van der Waals surface area contributed by atoms with Crippen molar-refractivity contribution in [1.29, 1.82) is 0 Å². The molecule has 0 aliphatic carbocycles. The van der Waals surface area contributed by atoms with Gasteiger partial charge in [0, 0.05) is 44.2 Å². The highest BCUT2D eigenvalue weighted by atomic mass is 32.1. The number of carbonyl (C=O) groups excluding carboxylic acids is 1. The Kier molecular flexibility index (Phi) is 7.61. The number of pyridine rings is 1. The van der Waals surface area contributed by atoms with Crippen LogP contribution in [0.1, 0.15) is 38.9 Å². The Hall–Kier alpha value is -3.11. The normalized spacial score (nSPS) is 15.1. The quantitative estimate of drug-likeness (QED) is 0.469. The summed E-state index contributed by atoms with van der Waals surface area (Å²) in [6, 6.07) is 11.1. The third kappa shape index (κ3) is 5.76. The standard InChI is InChI=1S/C25H27F3N4O2S/c1-29-11-9-21(22-6-4-14-35-22)34-18-8-7-17(20(15-18)25(26,27)28)16-32-13-12-31(2)23-19(24(32)33)5-3-10-30-23/h3-8,10,14-15,21,29H,9,11-13,16H2,1-2H3. The zero-order valence-electron chi connectivity index (χ0n) is 19.5. The molecule has 10 heteroatoms. The van der Waals surface area contributed by atoms with E-state index in [1.165, 1.54) is 22.3 Å². The molecular formula is C25H27F3N4O2S. The van der Waals surface area contributed by atoms with Crippen LogP contribution in [0.2, 0.25) is 0 Å². The Morgan fingerprint density at radius 3 is 2.74 bits per heavy atom. The van der Waals surface area contributed by atoms with Gasteiger partial charge in [0.1, 0.15) is 17.7 Å². The highest BCUT2D eigenvalue weighted by Crippen LogP contribution is 2.37. The molecule has 0 saturated carbocycles. The summed E-state index contributed by atoms with van der Waals surface area (Å²) in [6.45, 7) is 1.25. The number of alkyl halides is 3. The monoisotopic (exact) mass is 504 g/mol. The summed E-state index contributed by atoms with van der Waals surface area (Å²) in [5, 5.41) is 4.97. The van der Waals surface area contributed by atoms with Crippen molar-refractivity contribution in [1.82, 2.24) is 15.2 Å². The van der Waals surface area contributed by atoms with Crippen LogP contribution in [0.3, 0.4) is 0 Å². The zero-order valence-corrected chi connectivity index (χ0v) is 20.3. The van der Waals surface area contributed by atoms with E-state index in [2.05, 4.69) is 10.3 Å². The largest absolute Gasteiger partial charge is 0.485 e. The summed E-state index contributed by atoms with van der Waals surface area (Å²) in [4.78, 5) is 21.6. The van der Waals surface area contributed by atoms with Crippen molar-refractivity contribution in [3.05, 3.63) is 75.6 Å². The molecule has 4 rings (SSSR count). The van der Waals surface area contributed by atoms with Gasteiger partial charge in [-0.1, -0.05) is 12.1 Å². The number of nitrogens with zero attached hydrogens (tertiary/aromatic N) is 3. The number of thiophene rings is 1. The molecule has 1 aromatic carbocycles. The Morgan fingerprint density at radius 1 is 1.20 bits per heavy atom. The molecule has 1 unspecified atom stereocenters. The number of nitrogens with one attached hydrogen (secondary N) is 1. The van der Waals surface area contributed by atoms with Crippen LogP contribution in [0.4, 0.5) is 19.0 Å². The Morgan fingerprint density at radius 2 is 2.03 bits per heavy atom. The number of anilines is 1. The number of hydrogen-bond acceptors (Lipinski definition) is 6. The topological polar surface area (TPSA) is 57.7 Å². The van der Waals surface area contributed by atoms with Crippen molar-refractivity contribution in [2.75, 3.05) is 38.6 Å². The first kappa shape index (κ1) is 25.0. The number of rotatable bonds is 8. The molecule has 0 saturated heterocycles. The minimum absolute atomic E-state index is 0.0242. The van der Waals surface area contributed by atoms with E-state index < -0.39 is 11.7 Å². The predicted octanol–water partition coefficient (Wildman–Crippen LogP) is 4.98. The van der Waals surface area contributed by atoms with Gasteiger partial charge in [0.15, 0.2) is 0 Å². The molecule has 186 valence electrons. The maximum absolute atomic E-state index is 14.1. The molecule has 2 aromatic heterocycles. The molecule has 0 bridgehead atoms. The molecule has 3 aromatic rings. The van der Waals surface area contributed by atoms with Gasteiger partial charge in [-0.25, -0.2) is 4.98 Å². The lowest BCUT2D eigenvalue weighted by molar-refractivity contribution is -0.138. The minimum atomic E-state index is -4.59. The molecule has 0 spiro atoms. The van der Waals surface area contributed by atoms with Crippen molar-refractivity contribution >= 4 is 23.1 Å². The first-order valence-corrected chi connectivity index (χ1v) is 12.2. The predicted molar refractivity (Wildman–Crippen MR) is 130 cm³/mol. The molecule has 1 aliphatic rings. The summed E-state index contributed by atoms with van der Waals surface area (Å²) >= 11 is 1.51. The third-order valence-corrected chi connectivity index (χ3v) is 6.88. The Bertz CT molecular complexity index is 1150. The lowest BCUT2D eigenvalue weighted by Gasteiger charge is -2.24. The third-order valence-electron chi connectivity index (χ3n) is 5.91. The van der Waals surface area contributed by atoms with Crippen LogP contribution in [0.5, 0.6) is 5.75 Å². The van der Waals surface area contributed by atoms with Crippen molar-refractivity contribution in [2.45, 2.75) is 25.2 Å². The van der Waals surface area contributed by atoms with Gasteiger partial charge < -0.3 is 19.9 Å². The first-order chi connectivity index (χ1) is 16.8. The van der Waals surface area contributed by atoms with Gasteiger partial charge in [0.25, 0.3) is 5.91 Å². The van der Waals surface area contributed by atoms with Gasteiger partial charge in [-0.05, 0) is 54.9 Å². The van der Waals surface area contributed by atoms with Crippen molar-refractivity contribution < 1.29 is 22.7 Å². The lowest BCUT2D eigenvalue weighted by atomic mass is 10.1. The zero-order chi connectivity index (χ0) is 25.0. The van der Waals surface area contributed by atoms with Crippen molar-refractivity contribution in [3.8, 4) is 5.75 Å². The maximum atomic E-state index is 14.1. The van der Waals surface area contributed by atoms with E-state index in [1.807, 2.05) is 36.5 Å². The maximum Gasteiger partial charge on any atom is 0.416 e. The molecular weight excluding hydrogens is 477 g/mol. The number of amides is 1. The highest BCUT2D eigenvalue weighted by molar-refractivity contribution is 7.10. The van der Waals surface area contributed by atoms with E-state index in [9.17, 15) is 18.0 Å². The molecule has 3 heterocycles. The summed E-state index contributed by atoms with van der Waals surface area (Å²) in [5.41, 5.74) is -0.397. The number of carbonyl (C=O) groups is 1. The summed E-state index contributed by atoms with van der Waals surface area (Å²) < 4.78 is 48.3. The van der Waals surface area contributed by atoms with E-state index in [4.69, 9.17) is 4.74 Å². The van der Waals surface area contributed by atoms with E-state index in [0.717, 1.165) is 10.9 Å². The number of fused-ring (bicyclic) bond motifs is 1. The molecule has 1 N–H and O–H groups in total. The van der Waals surface area contributed by atoms with Crippen LogP contribution in [0.15, 0.2) is 54.0 Å². The van der Waals surface area contributed by atoms with Crippen LogP contribution in [-0.2, 0) is 12.7 Å². The van der Waals surface area contributed by atoms with Gasteiger partial charge in [-0.3, -0.25) is 4.79 Å². The smallest absolute Gasteiger partial charge is 0.416 e. The number of ether oxygens (including phenoxy) is 1. The van der Waals surface area contributed by atoms with E-state index in [-0.39, 0.29) is 36.4 Å². The second-order valence-corrected chi connectivity index (χ2v) is 9.33. The fraction of sp³-hybridized carbons (Fsp3) is 0.360. The Labute approximate surface area is 206 Å². The van der Waals surface area contributed by atoms with Crippen LogP contribution in [0.25, 0.3) is 0 Å².